The van der Waals surface area contributed by atoms with Crippen molar-refractivity contribution in [3.63, 3.8) is 0 Å². The highest BCUT2D eigenvalue weighted by Gasteiger charge is 2.31. The van der Waals surface area contributed by atoms with Gasteiger partial charge in [0.15, 0.2) is 6.04 Å². The van der Waals surface area contributed by atoms with Crippen LogP contribution in [0.3, 0.4) is 0 Å². The van der Waals surface area contributed by atoms with E-state index in [1.807, 2.05) is 13.8 Å². The number of amides is 2. The van der Waals surface area contributed by atoms with Crippen molar-refractivity contribution in [2.75, 3.05) is 0 Å². The Bertz CT molecular complexity index is 439. The van der Waals surface area contributed by atoms with Crippen LogP contribution in [-0.2, 0) is 14.4 Å². The molecule has 5 unspecified atom stereocenters. The molecule has 0 saturated heterocycles. The first-order valence-corrected chi connectivity index (χ1v) is 8.33. The quantitative estimate of drug-likeness (QED) is 0.354. The zero-order chi connectivity index (χ0) is 19.0. The van der Waals surface area contributed by atoms with Gasteiger partial charge in [0.2, 0.25) is 5.91 Å². The van der Waals surface area contributed by atoms with Crippen LogP contribution >= 0.6 is 0 Å². The van der Waals surface area contributed by atoms with E-state index in [-0.39, 0.29) is 11.8 Å². The van der Waals surface area contributed by atoms with E-state index in [2.05, 4.69) is 16.4 Å². The van der Waals surface area contributed by atoms with Crippen molar-refractivity contribution in [1.82, 2.24) is 10.6 Å². The minimum atomic E-state index is -1.40. The Kier molecular flexibility index (Phi) is 9.53. The lowest BCUT2D eigenvalue weighted by molar-refractivity contribution is -0.406. The maximum Gasteiger partial charge on any atom is 0.278 e. The van der Waals surface area contributed by atoms with Crippen molar-refractivity contribution in [2.24, 2.45) is 11.8 Å². The van der Waals surface area contributed by atoms with Gasteiger partial charge in [-0.1, -0.05) is 34.1 Å². The van der Waals surface area contributed by atoms with Crippen LogP contribution < -0.4 is 21.5 Å². The number of nitrogens with one attached hydrogen (secondary N) is 2. The zero-order valence-corrected chi connectivity index (χ0v) is 15.2. The molecule has 0 heterocycles. The second-order valence-electron chi connectivity index (χ2n) is 6.74. The number of rotatable bonds is 10. The van der Waals surface area contributed by atoms with Gasteiger partial charge in [-0.2, -0.15) is 0 Å². The lowest BCUT2D eigenvalue weighted by atomic mass is 9.98. The Hall–Kier alpha value is -1.67. The lowest BCUT2D eigenvalue weighted by Crippen LogP contribution is -2.70. The van der Waals surface area contributed by atoms with E-state index in [9.17, 15) is 24.6 Å². The zero-order valence-electron chi connectivity index (χ0n) is 15.2. The van der Waals surface area contributed by atoms with E-state index in [0.29, 0.717) is 12.8 Å². The Balaban J connectivity index is 5.01. The largest absolute Gasteiger partial charge is 0.548 e. The van der Waals surface area contributed by atoms with Crippen LogP contribution in [0.15, 0.2) is 0 Å². The second kappa shape index (κ2) is 10.2. The van der Waals surface area contributed by atoms with Crippen molar-refractivity contribution in [3.05, 3.63) is 0 Å². The van der Waals surface area contributed by atoms with E-state index >= 15 is 0 Å². The van der Waals surface area contributed by atoms with E-state index in [0.717, 1.165) is 0 Å². The molecular formula is C16H31N3O5. The summed E-state index contributed by atoms with van der Waals surface area (Å²) in [5.41, 5.74) is 3.75. The second-order valence-corrected chi connectivity index (χ2v) is 6.74. The number of aliphatic hydroxyl groups is 1. The van der Waals surface area contributed by atoms with Crippen molar-refractivity contribution in [1.29, 1.82) is 0 Å². The highest BCUT2D eigenvalue weighted by atomic mass is 16.4. The van der Waals surface area contributed by atoms with Crippen molar-refractivity contribution >= 4 is 17.8 Å². The average Bonchev–Trinajstić information content (AvgIpc) is 2.47. The molecule has 0 aromatic heterocycles. The molecule has 140 valence electrons. The highest BCUT2D eigenvalue weighted by Crippen LogP contribution is 2.08. The molecule has 0 aromatic rings. The molecule has 2 amide bonds. The number of hydrogen-bond acceptors (Lipinski definition) is 5. The SMILES string of the molecule is CCC(C)C(NC(=O)C(NC(=O)C([NH3+])CC(C)C)C(C)O)C(=O)[O-]. The van der Waals surface area contributed by atoms with Gasteiger partial charge in [0.05, 0.1) is 18.1 Å². The summed E-state index contributed by atoms with van der Waals surface area (Å²) in [6.07, 6.45) is -0.117. The molecule has 0 radical (unpaired) electrons. The van der Waals surface area contributed by atoms with Gasteiger partial charge in [-0.05, 0) is 18.8 Å². The number of hydrogen-bond donors (Lipinski definition) is 4. The van der Waals surface area contributed by atoms with Crippen LogP contribution in [-0.4, -0.2) is 47.1 Å². The topological polar surface area (TPSA) is 146 Å². The minimum absolute atomic E-state index is 0.255. The van der Waals surface area contributed by atoms with Crippen molar-refractivity contribution in [3.8, 4) is 0 Å². The first-order chi connectivity index (χ1) is 11.0. The van der Waals surface area contributed by atoms with E-state index in [1.165, 1.54) is 6.92 Å². The molecule has 0 fully saturated rings. The predicted molar refractivity (Wildman–Crippen MR) is 86.1 cm³/mol. The van der Waals surface area contributed by atoms with Crippen molar-refractivity contribution in [2.45, 2.75) is 71.7 Å². The summed E-state index contributed by atoms with van der Waals surface area (Å²) in [5, 5.41) is 25.8. The predicted octanol–water partition coefficient (Wildman–Crippen LogP) is -2.21. The third kappa shape index (κ3) is 7.27. The number of carbonyl (C=O) groups excluding carboxylic acids is 3. The van der Waals surface area contributed by atoms with Crippen LogP contribution in [0.1, 0.15) is 47.5 Å². The Morgan fingerprint density at radius 1 is 1.04 bits per heavy atom. The summed E-state index contributed by atoms with van der Waals surface area (Å²) < 4.78 is 0. The van der Waals surface area contributed by atoms with Gasteiger partial charge in [0, 0.05) is 6.42 Å². The van der Waals surface area contributed by atoms with Gasteiger partial charge in [-0.25, -0.2) is 0 Å². The van der Waals surface area contributed by atoms with Gasteiger partial charge in [-0.15, -0.1) is 0 Å². The molecule has 6 N–H and O–H groups in total. The molecule has 0 spiro atoms. The molecule has 0 aliphatic rings. The molecule has 8 heteroatoms. The summed E-state index contributed by atoms with van der Waals surface area (Å²) in [6.45, 7) is 8.70. The number of quaternary nitrogens is 1. The summed E-state index contributed by atoms with van der Waals surface area (Å²) in [6, 6.07) is -3.00. The number of carboxylic acids is 1. The monoisotopic (exact) mass is 345 g/mol. The molecule has 24 heavy (non-hydrogen) atoms. The number of aliphatic carboxylic acids is 1. The normalized spacial score (nSPS) is 17.5. The van der Waals surface area contributed by atoms with Gasteiger partial charge in [0.25, 0.3) is 5.91 Å². The van der Waals surface area contributed by atoms with Gasteiger partial charge < -0.3 is 31.4 Å². The molecule has 0 aliphatic carbocycles. The molecule has 0 aliphatic heterocycles. The Morgan fingerprint density at radius 2 is 1.54 bits per heavy atom. The van der Waals surface area contributed by atoms with Crippen molar-refractivity contribution < 1.29 is 30.3 Å². The van der Waals surface area contributed by atoms with Gasteiger partial charge in [-0.3, -0.25) is 9.59 Å². The van der Waals surface area contributed by atoms with Crippen LogP contribution in [0.5, 0.6) is 0 Å². The summed E-state index contributed by atoms with van der Waals surface area (Å²) in [7, 11) is 0. The molecular weight excluding hydrogens is 314 g/mol. The summed E-state index contributed by atoms with van der Waals surface area (Å²) in [4.78, 5) is 35.6. The molecule has 0 saturated carbocycles. The standard InChI is InChI=1S/C16H31N3O5/c1-6-9(4)12(16(23)24)18-15(22)13(10(5)20)19-14(21)11(17)7-8(2)3/h8-13,20H,6-7,17H2,1-5H3,(H,18,22)(H,19,21)(H,23,24). The smallest absolute Gasteiger partial charge is 0.278 e. The number of carboxylic acid groups (broad SMARTS) is 1. The minimum Gasteiger partial charge on any atom is -0.548 e. The fraction of sp³-hybridized carbons (Fsp3) is 0.812. The average molecular weight is 345 g/mol. The van der Waals surface area contributed by atoms with E-state index in [4.69, 9.17) is 0 Å². The summed E-state index contributed by atoms with van der Waals surface area (Å²) >= 11 is 0. The molecule has 0 bridgehead atoms. The van der Waals surface area contributed by atoms with E-state index < -0.39 is 42.0 Å². The summed E-state index contributed by atoms with van der Waals surface area (Å²) in [5.74, 6) is -2.71. The van der Waals surface area contributed by atoms with Gasteiger partial charge in [0.1, 0.15) is 6.04 Å². The molecule has 0 rings (SSSR count). The third-order valence-corrected chi connectivity index (χ3v) is 3.95. The lowest BCUT2D eigenvalue weighted by Gasteiger charge is -2.29. The van der Waals surface area contributed by atoms with Crippen LogP contribution in [0.4, 0.5) is 0 Å². The molecule has 8 nitrogen and oxygen atoms in total. The van der Waals surface area contributed by atoms with Gasteiger partial charge >= 0.3 is 0 Å². The Labute approximate surface area is 143 Å². The maximum atomic E-state index is 12.3. The fourth-order valence-electron chi connectivity index (χ4n) is 2.26. The fourth-order valence-corrected chi connectivity index (χ4v) is 2.26. The Morgan fingerprint density at radius 3 is 1.92 bits per heavy atom. The first kappa shape index (κ1) is 22.3. The molecule has 0 aromatic carbocycles. The molecule has 5 atom stereocenters. The number of carbonyl (C=O) groups is 3. The van der Waals surface area contributed by atoms with Crippen LogP contribution in [0.2, 0.25) is 0 Å². The van der Waals surface area contributed by atoms with E-state index in [1.54, 1.807) is 13.8 Å². The third-order valence-electron chi connectivity index (χ3n) is 3.95. The van der Waals surface area contributed by atoms with Crippen LogP contribution in [0.25, 0.3) is 0 Å². The number of aliphatic hydroxyl groups excluding tert-OH is 1. The maximum absolute atomic E-state index is 12.3. The van der Waals surface area contributed by atoms with Crippen LogP contribution in [0, 0.1) is 11.8 Å². The first-order valence-electron chi connectivity index (χ1n) is 8.33. The highest BCUT2D eigenvalue weighted by molar-refractivity contribution is 5.91.